The highest BCUT2D eigenvalue weighted by atomic mass is 19.4. The maximum absolute atomic E-state index is 15.2. The Morgan fingerprint density at radius 2 is 1.73 bits per heavy atom. The summed E-state index contributed by atoms with van der Waals surface area (Å²) in [6.45, 7) is 0. The lowest BCUT2D eigenvalue weighted by atomic mass is 9.92. The van der Waals surface area contributed by atoms with Gasteiger partial charge in [0.25, 0.3) is 0 Å². The van der Waals surface area contributed by atoms with Crippen LogP contribution in [0.2, 0.25) is 0 Å². The number of hydrogen-bond acceptors (Lipinski definition) is 4. The predicted octanol–water partition coefficient (Wildman–Crippen LogP) is 6.06. The molecule has 4 rings (SSSR count). The SMILES string of the molecule is CNc1cc(-c2c(F)cc(NC(=O)C3(c4ccc(C(F)(F)F)cc4F)CC3)cc2C(=O)O)ccc1C=N. The van der Waals surface area contributed by atoms with Crippen molar-refractivity contribution in [2.24, 2.45) is 0 Å². The third kappa shape index (κ3) is 4.76. The Balaban J connectivity index is 1.68. The maximum atomic E-state index is 15.2. The second-order valence-electron chi connectivity index (χ2n) is 8.61. The van der Waals surface area contributed by atoms with Crippen molar-refractivity contribution in [2.75, 3.05) is 17.7 Å². The first-order valence-electron chi connectivity index (χ1n) is 11.0. The standard InChI is InChI=1S/C26H20F5N3O3/c1-33-21-8-13(2-3-14(21)12-32)22-17(23(35)36)10-16(11-20(22)28)34-24(37)25(6-7-25)18-5-4-15(9-19(18)27)26(29,30)31/h2-5,8-12,32-33H,6-7H2,1H3,(H,34,37)(H,35,36). The van der Waals surface area contributed by atoms with Gasteiger partial charge >= 0.3 is 12.1 Å². The second kappa shape index (κ2) is 9.30. The van der Waals surface area contributed by atoms with Gasteiger partial charge in [-0.15, -0.1) is 0 Å². The summed E-state index contributed by atoms with van der Waals surface area (Å²) in [4.78, 5) is 25.0. The van der Waals surface area contributed by atoms with Gasteiger partial charge < -0.3 is 21.1 Å². The molecule has 37 heavy (non-hydrogen) atoms. The Kier molecular flexibility index (Phi) is 6.49. The summed E-state index contributed by atoms with van der Waals surface area (Å²) in [6.07, 6.45) is -3.37. The first-order valence-corrected chi connectivity index (χ1v) is 11.0. The number of carbonyl (C=O) groups excluding carboxylic acids is 1. The van der Waals surface area contributed by atoms with Crippen molar-refractivity contribution >= 4 is 29.5 Å². The summed E-state index contributed by atoms with van der Waals surface area (Å²) < 4.78 is 68.5. The zero-order valence-corrected chi connectivity index (χ0v) is 19.3. The molecule has 1 aliphatic carbocycles. The minimum Gasteiger partial charge on any atom is -0.478 e. The van der Waals surface area contributed by atoms with E-state index in [0.29, 0.717) is 23.4 Å². The lowest BCUT2D eigenvalue weighted by Crippen LogP contribution is -2.29. The van der Waals surface area contributed by atoms with Crippen molar-refractivity contribution < 1.29 is 36.6 Å². The molecule has 0 aliphatic heterocycles. The van der Waals surface area contributed by atoms with E-state index in [1.54, 1.807) is 7.05 Å². The largest absolute Gasteiger partial charge is 0.478 e. The molecule has 3 aromatic carbocycles. The number of amides is 1. The quantitative estimate of drug-likeness (QED) is 0.226. The normalized spacial score (nSPS) is 14.1. The van der Waals surface area contributed by atoms with Crippen LogP contribution in [-0.4, -0.2) is 30.2 Å². The van der Waals surface area contributed by atoms with E-state index >= 15 is 4.39 Å². The molecule has 6 nitrogen and oxygen atoms in total. The summed E-state index contributed by atoms with van der Waals surface area (Å²) in [6, 6.07) is 8.35. The maximum Gasteiger partial charge on any atom is 0.416 e. The second-order valence-corrected chi connectivity index (χ2v) is 8.61. The monoisotopic (exact) mass is 517 g/mol. The molecule has 1 amide bonds. The Bertz CT molecular complexity index is 1430. The lowest BCUT2D eigenvalue weighted by molar-refractivity contribution is -0.137. The molecule has 0 aromatic heterocycles. The first kappa shape index (κ1) is 25.8. The van der Waals surface area contributed by atoms with Gasteiger partial charge in [-0.25, -0.2) is 13.6 Å². The van der Waals surface area contributed by atoms with E-state index in [4.69, 9.17) is 5.41 Å². The molecule has 0 spiro atoms. The number of halogens is 5. The Labute approximate surface area is 207 Å². The summed E-state index contributed by atoms with van der Waals surface area (Å²) in [5.74, 6) is -4.40. The summed E-state index contributed by atoms with van der Waals surface area (Å²) in [5, 5.41) is 22.4. The molecule has 11 heteroatoms. The molecule has 0 atom stereocenters. The Morgan fingerprint density at radius 3 is 2.27 bits per heavy atom. The zero-order chi connectivity index (χ0) is 27.1. The van der Waals surface area contributed by atoms with Crippen LogP contribution in [0.4, 0.5) is 33.3 Å². The van der Waals surface area contributed by atoms with Crippen LogP contribution in [0, 0.1) is 17.0 Å². The number of aromatic carboxylic acids is 1. The van der Waals surface area contributed by atoms with Gasteiger partial charge in [0, 0.05) is 41.3 Å². The average molecular weight is 517 g/mol. The molecular weight excluding hydrogens is 497 g/mol. The minimum atomic E-state index is -4.75. The van der Waals surface area contributed by atoms with Crippen LogP contribution in [0.25, 0.3) is 11.1 Å². The Hall–Kier alpha value is -4.28. The van der Waals surface area contributed by atoms with Crippen molar-refractivity contribution in [3.63, 3.8) is 0 Å². The van der Waals surface area contributed by atoms with Crippen molar-refractivity contribution in [3.05, 3.63) is 82.4 Å². The van der Waals surface area contributed by atoms with E-state index in [9.17, 15) is 32.3 Å². The van der Waals surface area contributed by atoms with E-state index in [1.807, 2.05) is 0 Å². The predicted molar refractivity (Wildman–Crippen MR) is 127 cm³/mol. The smallest absolute Gasteiger partial charge is 0.416 e. The van der Waals surface area contributed by atoms with E-state index in [2.05, 4.69) is 10.6 Å². The molecule has 0 radical (unpaired) electrons. The fourth-order valence-corrected chi connectivity index (χ4v) is 4.27. The summed E-state index contributed by atoms with van der Waals surface area (Å²) in [5.41, 5.74) is -2.58. The van der Waals surface area contributed by atoms with Crippen LogP contribution < -0.4 is 10.6 Å². The van der Waals surface area contributed by atoms with Crippen LogP contribution in [0.1, 0.15) is 39.9 Å². The topological polar surface area (TPSA) is 102 Å². The molecule has 1 fully saturated rings. The van der Waals surface area contributed by atoms with Crippen molar-refractivity contribution in [2.45, 2.75) is 24.4 Å². The number of carboxylic acid groups (broad SMARTS) is 1. The van der Waals surface area contributed by atoms with Gasteiger partial charge in [0.1, 0.15) is 11.6 Å². The van der Waals surface area contributed by atoms with E-state index in [1.165, 1.54) is 18.2 Å². The zero-order valence-electron chi connectivity index (χ0n) is 19.3. The molecule has 1 aliphatic rings. The fourth-order valence-electron chi connectivity index (χ4n) is 4.27. The fraction of sp³-hybridized carbons (Fsp3) is 0.192. The molecular formula is C26H20F5N3O3. The van der Waals surface area contributed by atoms with E-state index < -0.39 is 46.2 Å². The van der Waals surface area contributed by atoms with Crippen molar-refractivity contribution in [3.8, 4) is 11.1 Å². The molecule has 4 N–H and O–H groups in total. The van der Waals surface area contributed by atoms with Gasteiger partial charge in [0.05, 0.1) is 16.5 Å². The van der Waals surface area contributed by atoms with Crippen molar-refractivity contribution in [1.82, 2.24) is 0 Å². The third-order valence-electron chi connectivity index (χ3n) is 6.34. The number of carboxylic acids is 1. The average Bonchev–Trinajstić information content (AvgIpc) is 3.64. The highest BCUT2D eigenvalue weighted by Gasteiger charge is 2.53. The van der Waals surface area contributed by atoms with Gasteiger partial charge in [-0.05, 0) is 48.7 Å². The number of anilines is 2. The van der Waals surface area contributed by atoms with Crippen LogP contribution in [0.5, 0.6) is 0 Å². The number of carbonyl (C=O) groups is 2. The number of benzene rings is 3. The molecule has 0 bridgehead atoms. The molecule has 3 aromatic rings. The molecule has 192 valence electrons. The van der Waals surface area contributed by atoms with Gasteiger partial charge in [-0.1, -0.05) is 18.2 Å². The highest BCUT2D eigenvalue weighted by molar-refractivity contribution is 6.04. The van der Waals surface area contributed by atoms with E-state index in [-0.39, 0.29) is 35.2 Å². The first-order chi connectivity index (χ1) is 17.4. The van der Waals surface area contributed by atoms with E-state index in [0.717, 1.165) is 24.4 Å². The van der Waals surface area contributed by atoms with Gasteiger partial charge in [0.2, 0.25) is 5.91 Å². The number of hydrogen-bond donors (Lipinski definition) is 4. The third-order valence-corrected chi connectivity index (χ3v) is 6.34. The van der Waals surface area contributed by atoms with Gasteiger partial charge in [-0.2, -0.15) is 13.2 Å². The molecule has 0 unspecified atom stereocenters. The lowest BCUT2D eigenvalue weighted by Gasteiger charge is -2.19. The van der Waals surface area contributed by atoms with Crippen LogP contribution in [-0.2, 0) is 16.4 Å². The Morgan fingerprint density at radius 1 is 1.03 bits per heavy atom. The number of alkyl halides is 3. The number of rotatable bonds is 7. The van der Waals surface area contributed by atoms with Gasteiger partial charge in [-0.3, -0.25) is 4.79 Å². The molecule has 1 saturated carbocycles. The van der Waals surface area contributed by atoms with Crippen LogP contribution in [0.3, 0.4) is 0 Å². The number of nitrogens with one attached hydrogen (secondary N) is 3. The van der Waals surface area contributed by atoms with Gasteiger partial charge in [0.15, 0.2) is 0 Å². The molecule has 0 heterocycles. The van der Waals surface area contributed by atoms with Crippen molar-refractivity contribution in [1.29, 1.82) is 5.41 Å². The highest BCUT2D eigenvalue weighted by Crippen LogP contribution is 2.50. The minimum absolute atomic E-state index is 0.152. The summed E-state index contributed by atoms with van der Waals surface area (Å²) in [7, 11) is 1.59. The summed E-state index contributed by atoms with van der Waals surface area (Å²) >= 11 is 0. The van der Waals surface area contributed by atoms with Crippen LogP contribution >= 0.6 is 0 Å². The molecule has 0 saturated heterocycles. The van der Waals surface area contributed by atoms with Crippen LogP contribution in [0.15, 0.2) is 48.5 Å².